The van der Waals surface area contributed by atoms with Crippen LogP contribution in [0.4, 0.5) is 5.69 Å². The molecule has 0 aliphatic rings. The standard InChI is InChI=1S/C13H13ClN2OS/c1-17-11-7-9(8-14)4-5-10(11)16-13(15)12-3-2-6-18-12/h2-7H,8H2,1H3,(H2,15,16). The summed E-state index contributed by atoms with van der Waals surface area (Å²) >= 11 is 7.33. The second-order valence-electron chi connectivity index (χ2n) is 3.61. The number of alkyl halides is 1. The number of thiophene rings is 1. The van der Waals surface area contributed by atoms with E-state index in [0.717, 1.165) is 10.4 Å². The minimum atomic E-state index is 0.445. The lowest BCUT2D eigenvalue weighted by Gasteiger charge is -2.06. The maximum absolute atomic E-state index is 5.94. The van der Waals surface area contributed by atoms with E-state index in [1.807, 2.05) is 35.7 Å². The van der Waals surface area contributed by atoms with Crippen LogP contribution in [-0.2, 0) is 5.88 Å². The maximum Gasteiger partial charge on any atom is 0.144 e. The summed E-state index contributed by atoms with van der Waals surface area (Å²) in [6, 6.07) is 9.51. The van der Waals surface area contributed by atoms with E-state index in [1.54, 1.807) is 18.4 Å². The van der Waals surface area contributed by atoms with Gasteiger partial charge in [-0.05, 0) is 29.1 Å². The van der Waals surface area contributed by atoms with E-state index in [0.29, 0.717) is 23.2 Å². The molecule has 1 aromatic carbocycles. The molecule has 0 aliphatic carbocycles. The number of hydrogen-bond acceptors (Lipinski definition) is 3. The van der Waals surface area contributed by atoms with Crippen LogP contribution in [0.1, 0.15) is 10.4 Å². The van der Waals surface area contributed by atoms with Gasteiger partial charge in [0.25, 0.3) is 0 Å². The van der Waals surface area contributed by atoms with Gasteiger partial charge in [-0.15, -0.1) is 22.9 Å². The van der Waals surface area contributed by atoms with Crippen LogP contribution >= 0.6 is 22.9 Å². The molecule has 0 bridgehead atoms. The topological polar surface area (TPSA) is 47.6 Å². The lowest BCUT2D eigenvalue weighted by molar-refractivity contribution is 0.416. The van der Waals surface area contributed by atoms with Gasteiger partial charge in [0.1, 0.15) is 17.3 Å². The summed E-state index contributed by atoms with van der Waals surface area (Å²) in [4.78, 5) is 5.33. The van der Waals surface area contributed by atoms with E-state index in [2.05, 4.69) is 4.99 Å². The molecule has 0 amide bonds. The number of rotatable bonds is 4. The molecule has 0 saturated carbocycles. The van der Waals surface area contributed by atoms with E-state index < -0.39 is 0 Å². The summed E-state index contributed by atoms with van der Waals surface area (Å²) in [7, 11) is 1.60. The first-order chi connectivity index (χ1) is 8.74. The lowest BCUT2D eigenvalue weighted by Crippen LogP contribution is -2.10. The fraction of sp³-hybridized carbons (Fsp3) is 0.154. The second kappa shape index (κ2) is 5.89. The zero-order valence-corrected chi connectivity index (χ0v) is 11.5. The molecule has 0 unspecified atom stereocenters. The van der Waals surface area contributed by atoms with Crippen LogP contribution in [0.3, 0.4) is 0 Å². The van der Waals surface area contributed by atoms with Crippen LogP contribution in [0.15, 0.2) is 40.7 Å². The monoisotopic (exact) mass is 280 g/mol. The Balaban J connectivity index is 2.36. The van der Waals surface area contributed by atoms with Crippen LogP contribution in [0.25, 0.3) is 0 Å². The van der Waals surface area contributed by atoms with E-state index in [1.165, 1.54) is 0 Å². The number of nitrogens with zero attached hydrogens (tertiary/aromatic N) is 1. The summed E-state index contributed by atoms with van der Waals surface area (Å²) in [6.45, 7) is 0. The van der Waals surface area contributed by atoms with E-state index in [4.69, 9.17) is 22.1 Å². The molecular formula is C13H13ClN2OS. The molecule has 2 N–H and O–H groups in total. The van der Waals surface area contributed by atoms with Gasteiger partial charge in [-0.3, -0.25) is 0 Å². The highest BCUT2D eigenvalue weighted by Gasteiger charge is 2.05. The molecular weight excluding hydrogens is 268 g/mol. The molecule has 3 nitrogen and oxygen atoms in total. The van der Waals surface area contributed by atoms with Crippen molar-refractivity contribution in [3.05, 3.63) is 46.2 Å². The maximum atomic E-state index is 5.94. The molecule has 0 saturated heterocycles. The van der Waals surface area contributed by atoms with Crippen LogP contribution in [-0.4, -0.2) is 12.9 Å². The van der Waals surface area contributed by atoms with Crippen LogP contribution < -0.4 is 10.5 Å². The minimum absolute atomic E-state index is 0.445. The zero-order chi connectivity index (χ0) is 13.0. The number of nitrogens with two attached hydrogens (primary N) is 1. The Kier molecular flexibility index (Phi) is 4.23. The van der Waals surface area contributed by atoms with E-state index in [-0.39, 0.29) is 0 Å². The summed E-state index contributed by atoms with van der Waals surface area (Å²) in [5, 5.41) is 1.96. The van der Waals surface area contributed by atoms with Crippen molar-refractivity contribution in [3.63, 3.8) is 0 Å². The molecule has 5 heteroatoms. The average Bonchev–Trinajstić information content (AvgIpc) is 2.93. The highest BCUT2D eigenvalue weighted by Crippen LogP contribution is 2.29. The van der Waals surface area contributed by atoms with Gasteiger partial charge in [0.2, 0.25) is 0 Å². The fourth-order valence-corrected chi connectivity index (χ4v) is 2.30. The van der Waals surface area contributed by atoms with E-state index in [9.17, 15) is 0 Å². The molecule has 0 atom stereocenters. The van der Waals surface area contributed by atoms with Crippen molar-refractivity contribution >= 4 is 34.5 Å². The third-order valence-electron chi connectivity index (χ3n) is 2.41. The van der Waals surface area contributed by atoms with Crippen molar-refractivity contribution in [1.29, 1.82) is 0 Å². The van der Waals surface area contributed by atoms with Gasteiger partial charge in [-0.1, -0.05) is 12.1 Å². The zero-order valence-electron chi connectivity index (χ0n) is 9.89. The fourth-order valence-electron chi connectivity index (χ4n) is 1.51. The van der Waals surface area contributed by atoms with Gasteiger partial charge < -0.3 is 10.5 Å². The summed E-state index contributed by atoms with van der Waals surface area (Å²) in [5.41, 5.74) is 7.64. The smallest absolute Gasteiger partial charge is 0.144 e. The highest BCUT2D eigenvalue weighted by molar-refractivity contribution is 7.12. The van der Waals surface area contributed by atoms with Gasteiger partial charge in [0.05, 0.1) is 12.0 Å². The van der Waals surface area contributed by atoms with Gasteiger partial charge in [-0.25, -0.2) is 4.99 Å². The Morgan fingerprint density at radius 1 is 1.44 bits per heavy atom. The van der Waals surface area contributed by atoms with Crippen molar-refractivity contribution in [1.82, 2.24) is 0 Å². The molecule has 0 spiro atoms. The summed E-state index contributed by atoms with van der Waals surface area (Å²) < 4.78 is 5.29. The summed E-state index contributed by atoms with van der Waals surface area (Å²) in [5.74, 6) is 1.61. The Bertz CT molecular complexity index is 552. The molecule has 0 fully saturated rings. The number of ether oxygens (including phenoxy) is 1. The predicted molar refractivity (Wildman–Crippen MR) is 77.3 cm³/mol. The Hall–Kier alpha value is -1.52. The average molecular weight is 281 g/mol. The highest BCUT2D eigenvalue weighted by atomic mass is 35.5. The largest absolute Gasteiger partial charge is 0.494 e. The third-order valence-corrected chi connectivity index (χ3v) is 3.61. The lowest BCUT2D eigenvalue weighted by atomic mass is 10.2. The number of aliphatic imine (C=N–C) groups is 1. The third kappa shape index (κ3) is 2.83. The quantitative estimate of drug-likeness (QED) is 0.529. The van der Waals surface area contributed by atoms with Crippen molar-refractivity contribution in [2.75, 3.05) is 7.11 Å². The first-order valence-corrected chi connectivity index (χ1v) is 6.77. The van der Waals surface area contributed by atoms with Crippen LogP contribution in [0, 0.1) is 0 Å². The molecule has 1 aromatic heterocycles. The first kappa shape index (κ1) is 12.9. The van der Waals surface area contributed by atoms with Gasteiger partial charge in [-0.2, -0.15) is 0 Å². The second-order valence-corrected chi connectivity index (χ2v) is 4.83. The SMILES string of the molecule is COc1cc(CCl)ccc1N=C(N)c1cccs1. The molecule has 18 heavy (non-hydrogen) atoms. The number of amidine groups is 1. The molecule has 2 aromatic rings. The Labute approximate surface area is 115 Å². The van der Waals surface area contributed by atoms with Gasteiger partial charge >= 0.3 is 0 Å². The van der Waals surface area contributed by atoms with Crippen LogP contribution in [0.2, 0.25) is 0 Å². The molecule has 0 aliphatic heterocycles. The number of benzene rings is 1. The number of hydrogen-bond donors (Lipinski definition) is 1. The molecule has 2 rings (SSSR count). The van der Waals surface area contributed by atoms with Crippen LogP contribution in [0.5, 0.6) is 5.75 Å². The number of methoxy groups -OCH3 is 1. The molecule has 0 radical (unpaired) electrons. The van der Waals surface area contributed by atoms with E-state index >= 15 is 0 Å². The molecule has 94 valence electrons. The Morgan fingerprint density at radius 2 is 2.28 bits per heavy atom. The normalized spacial score (nSPS) is 11.6. The van der Waals surface area contributed by atoms with Gasteiger partial charge in [0.15, 0.2) is 0 Å². The van der Waals surface area contributed by atoms with Crippen molar-refractivity contribution < 1.29 is 4.74 Å². The van der Waals surface area contributed by atoms with Gasteiger partial charge in [0, 0.05) is 5.88 Å². The van der Waals surface area contributed by atoms with Crippen molar-refractivity contribution in [3.8, 4) is 5.75 Å². The van der Waals surface area contributed by atoms with Crippen molar-refractivity contribution in [2.45, 2.75) is 5.88 Å². The van der Waals surface area contributed by atoms with Crippen molar-refractivity contribution in [2.24, 2.45) is 10.7 Å². The molecule has 1 heterocycles. The summed E-state index contributed by atoms with van der Waals surface area (Å²) in [6.07, 6.45) is 0. The minimum Gasteiger partial charge on any atom is -0.494 e. The Morgan fingerprint density at radius 3 is 2.89 bits per heavy atom. The first-order valence-electron chi connectivity index (χ1n) is 5.35. The predicted octanol–water partition coefficient (Wildman–Crippen LogP) is 3.53. The number of halogens is 1.